The molecule has 2 nitrogen and oxygen atoms in total. The summed E-state index contributed by atoms with van der Waals surface area (Å²) in [5, 5.41) is 0. The largest absolute Gasteiger partial charge is 0.496 e. The third-order valence-corrected chi connectivity index (χ3v) is 4.61. The van der Waals surface area contributed by atoms with Gasteiger partial charge in [-0.25, -0.2) is 0 Å². The molecule has 0 aliphatic rings. The Bertz CT molecular complexity index is 540. The van der Waals surface area contributed by atoms with E-state index in [1.54, 1.807) is 30.6 Å². The topological polar surface area (TPSA) is 35.2 Å². The molecule has 0 radical (unpaired) electrons. The fourth-order valence-corrected chi connectivity index (χ4v) is 3.06. The molecule has 2 N–H and O–H groups in total. The van der Waals surface area contributed by atoms with E-state index in [1.807, 2.05) is 18.2 Å². The minimum Gasteiger partial charge on any atom is -0.496 e. The molecule has 0 unspecified atom stereocenters. The molecule has 0 aliphatic carbocycles. The van der Waals surface area contributed by atoms with Crippen LogP contribution in [-0.4, -0.2) is 13.4 Å². The quantitative estimate of drug-likeness (QED) is 0.658. The fourth-order valence-electron chi connectivity index (χ4n) is 1.69. The molecule has 0 amide bonds. The van der Waals surface area contributed by atoms with Crippen molar-refractivity contribution < 1.29 is 4.74 Å². The number of nitrogens with two attached hydrogens (primary N) is 1. The summed E-state index contributed by atoms with van der Waals surface area (Å²) < 4.78 is 5.35. The molecule has 0 fully saturated rings. The average Bonchev–Trinajstić information content (AvgIpc) is 2.46. The number of hydrogen-bond acceptors (Lipinski definition) is 4. The van der Waals surface area contributed by atoms with E-state index in [2.05, 4.69) is 30.5 Å². The summed E-state index contributed by atoms with van der Waals surface area (Å²) in [6, 6.07) is 14.4. The molecule has 0 aromatic heterocycles. The highest BCUT2D eigenvalue weighted by Gasteiger charge is 2.04. The van der Waals surface area contributed by atoms with Crippen molar-refractivity contribution in [3.63, 3.8) is 0 Å². The van der Waals surface area contributed by atoms with Crippen LogP contribution in [-0.2, 0) is 5.75 Å². The number of anilines is 1. The van der Waals surface area contributed by atoms with Gasteiger partial charge in [0.15, 0.2) is 0 Å². The number of hydrogen-bond donors (Lipinski definition) is 1. The molecule has 0 heterocycles. The second-order valence-corrected chi connectivity index (χ2v) is 5.94. The van der Waals surface area contributed by atoms with E-state index in [0.717, 1.165) is 22.1 Å². The zero-order valence-electron chi connectivity index (χ0n) is 11.1. The van der Waals surface area contributed by atoms with E-state index in [4.69, 9.17) is 10.5 Å². The fraction of sp³-hybridized carbons (Fsp3) is 0.200. The van der Waals surface area contributed by atoms with E-state index in [0.29, 0.717) is 0 Å². The maximum Gasteiger partial charge on any atom is 0.134 e. The van der Waals surface area contributed by atoms with Crippen LogP contribution in [0, 0.1) is 0 Å². The Labute approximate surface area is 122 Å². The van der Waals surface area contributed by atoms with Crippen LogP contribution < -0.4 is 10.5 Å². The second-order valence-electron chi connectivity index (χ2n) is 4.05. The van der Waals surface area contributed by atoms with Crippen molar-refractivity contribution in [2.24, 2.45) is 0 Å². The van der Waals surface area contributed by atoms with Gasteiger partial charge in [0.1, 0.15) is 5.75 Å². The van der Waals surface area contributed by atoms with Crippen LogP contribution in [0.15, 0.2) is 52.3 Å². The van der Waals surface area contributed by atoms with Gasteiger partial charge in [0, 0.05) is 27.3 Å². The lowest BCUT2D eigenvalue weighted by atomic mass is 10.2. The smallest absolute Gasteiger partial charge is 0.134 e. The molecule has 4 heteroatoms. The molecule has 2 aromatic carbocycles. The maximum absolute atomic E-state index is 5.75. The van der Waals surface area contributed by atoms with E-state index in [9.17, 15) is 0 Å². The highest BCUT2D eigenvalue weighted by atomic mass is 32.2. The van der Waals surface area contributed by atoms with Gasteiger partial charge in [-0.1, -0.05) is 12.1 Å². The highest BCUT2D eigenvalue weighted by molar-refractivity contribution is 7.98. The van der Waals surface area contributed by atoms with Crippen LogP contribution in [0.1, 0.15) is 5.56 Å². The van der Waals surface area contributed by atoms with Crippen LogP contribution in [0.4, 0.5) is 5.69 Å². The first-order chi connectivity index (χ1) is 9.22. The van der Waals surface area contributed by atoms with Gasteiger partial charge < -0.3 is 10.5 Å². The molecule has 0 saturated heterocycles. The third-order valence-electron chi connectivity index (χ3n) is 2.74. The van der Waals surface area contributed by atoms with E-state index < -0.39 is 0 Å². The summed E-state index contributed by atoms with van der Waals surface area (Å²) in [6.45, 7) is 0. The first-order valence-corrected chi connectivity index (χ1v) is 8.13. The van der Waals surface area contributed by atoms with E-state index in [-0.39, 0.29) is 0 Å². The number of benzene rings is 2. The molecular formula is C15H17NOS2. The van der Waals surface area contributed by atoms with Crippen LogP contribution in [0.3, 0.4) is 0 Å². The lowest BCUT2D eigenvalue weighted by Crippen LogP contribution is -1.90. The lowest BCUT2D eigenvalue weighted by molar-refractivity contribution is 0.405. The molecule has 2 aromatic rings. The summed E-state index contributed by atoms with van der Waals surface area (Å²) in [5.74, 6) is 1.76. The van der Waals surface area contributed by atoms with Crippen LogP contribution in [0.2, 0.25) is 0 Å². The first kappa shape index (κ1) is 14.2. The molecule has 0 bridgehead atoms. The Hall–Kier alpha value is -1.26. The van der Waals surface area contributed by atoms with Crippen molar-refractivity contribution in [2.75, 3.05) is 19.1 Å². The predicted molar refractivity (Wildman–Crippen MR) is 85.2 cm³/mol. The zero-order valence-corrected chi connectivity index (χ0v) is 12.7. The van der Waals surface area contributed by atoms with Crippen molar-refractivity contribution in [3.05, 3.63) is 48.0 Å². The summed E-state index contributed by atoms with van der Waals surface area (Å²) in [6.07, 6.45) is 2.09. The van der Waals surface area contributed by atoms with Gasteiger partial charge in [-0.3, -0.25) is 0 Å². The van der Waals surface area contributed by atoms with Gasteiger partial charge in [-0.15, -0.1) is 23.5 Å². The average molecular weight is 291 g/mol. The van der Waals surface area contributed by atoms with Crippen molar-refractivity contribution in [3.8, 4) is 5.75 Å². The highest BCUT2D eigenvalue weighted by Crippen LogP contribution is 2.33. The number of nitrogen functional groups attached to an aromatic ring is 1. The Morgan fingerprint density at radius 3 is 2.47 bits per heavy atom. The Kier molecular flexibility index (Phi) is 5.05. The van der Waals surface area contributed by atoms with Gasteiger partial charge in [0.2, 0.25) is 0 Å². The number of thioether (sulfide) groups is 2. The molecule has 2 rings (SSSR count). The van der Waals surface area contributed by atoms with Crippen molar-refractivity contribution in [2.45, 2.75) is 15.5 Å². The van der Waals surface area contributed by atoms with Crippen molar-refractivity contribution in [1.82, 2.24) is 0 Å². The summed E-state index contributed by atoms with van der Waals surface area (Å²) in [7, 11) is 1.67. The summed E-state index contributed by atoms with van der Waals surface area (Å²) in [4.78, 5) is 2.41. The second kappa shape index (κ2) is 6.78. The van der Waals surface area contributed by atoms with Gasteiger partial charge >= 0.3 is 0 Å². The lowest BCUT2D eigenvalue weighted by Gasteiger charge is -2.09. The molecular weight excluding hydrogens is 274 g/mol. The third kappa shape index (κ3) is 3.85. The van der Waals surface area contributed by atoms with Gasteiger partial charge in [0.05, 0.1) is 7.11 Å². The molecule has 0 spiro atoms. The standard InChI is InChI=1S/C15H17NOS2/c1-17-14-9-12(16)5-8-15(14)19-10-11-3-6-13(18-2)7-4-11/h3-9H,10,16H2,1-2H3. The zero-order chi connectivity index (χ0) is 13.7. The number of rotatable bonds is 5. The molecule has 0 saturated carbocycles. The summed E-state index contributed by atoms with van der Waals surface area (Å²) in [5.41, 5.74) is 7.79. The first-order valence-electron chi connectivity index (χ1n) is 5.92. The number of methoxy groups -OCH3 is 1. The SMILES string of the molecule is COc1cc(N)ccc1SCc1ccc(SC)cc1. The Morgan fingerprint density at radius 2 is 1.84 bits per heavy atom. The number of ether oxygens (including phenoxy) is 1. The van der Waals surface area contributed by atoms with Crippen molar-refractivity contribution >= 4 is 29.2 Å². The molecule has 0 atom stereocenters. The Morgan fingerprint density at radius 1 is 1.11 bits per heavy atom. The minimum atomic E-state index is 0.727. The van der Waals surface area contributed by atoms with E-state index in [1.165, 1.54) is 10.5 Å². The van der Waals surface area contributed by atoms with Crippen molar-refractivity contribution in [1.29, 1.82) is 0 Å². The Balaban J connectivity index is 2.05. The molecule has 100 valence electrons. The minimum absolute atomic E-state index is 0.727. The van der Waals surface area contributed by atoms with Crippen LogP contribution in [0.5, 0.6) is 5.75 Å². The maximum atomic E-state index is 5.75. The van der Waals surface area contributed by atoms with Crippen LogP contribution in [0.25, 0.3) is 0 Å². The van der Waals surface area contributed by atoms with Gasteiger partial charge in [0.25, 0.3) is 0 Å². The normalized spacial score (nSPS) is 10.4. The molecule has 0 aliphatic heterocycles. The van der Waals surface area contributed by atoms with Crippen LogP contribution >= 0.6 is 23.5 Å². The van der Waals surface area contributed by atoms with Gasteiger partial charge in [-0.05, 0) is 36.1 Å². The monoisotopic (exact) mass is 291 g/mol. The molecule has 19 heavy (non-hydrogen) atoms. The summed E-state index contributed by atoms with van der Waals surface area (Å²) >= 11 is 3.52. The van der Waals surface area contributed by atoms with Gasteiger partial charge in [-0.2, -0.15) is 0 Å². The van der Waals surface area contributed by atoms with E-state index >= 15 is 0 Å². The predicted octanol–water partition coefficient (Wildman–Crippen LogP) is 4.29.